The number of hydrogen-bond acceptors (Lipinski definition) is 2. The van der Waals surface area contributed by atoms with Gasteiger partial charge in [0, 0.05) is 17.1 Å². The normalized spacial score (nSPS) is 15.3. The molecule has 108 valence electrons. The first kappa shape index (κ1) is 14.1. The molecule has 2 aromatic carbocycles. The molecule has 1 atom stereocenters. The second-order valence-corrected chi connectivity index (χ2v) is 5.76. The zero-order valence-corrected chi connectivity index (χ0v) is 12.4. The quantitative estimate of drug-likeness (QED) is 0.896. The van der Waals surface area contributed by atoms with Gasteiger partial charge >= 0.3 is 0 Å². The summed E-state index contributed by atoms with van der Waals surface area (Å²) in [6, 6.07) is 11.0. The third-order valence-corrected chi connectivity index (χ3v) is 4.14. The van der Waals surface area contributed by atoms with Crippen LogP contribution in [0.15, 0.2) is 36.4 Å². The molecular weight excluding hydrogens is 286 g/mol. The largest absolute Gasteiger partial charge is 0.384 e. The van der Waals surface area contributed by atoms with E-state index in [9.17, 15) is 9.90 Å². The molecule has 0 bridgehead atoms. The summed E-state index contributed by atoms with van der Waals surface area (Å²) in [5.74, 6) is -0.0712. The predicted molar refractivity (Wildman–Crippen MR) is 82.7 cm³/mol. The van der Waals surface area contributed by atoms with Crippen molar-refractivity contribution in [1.82, 2.24) is 5.32 Å². The van der Waals surface area contributed by atoms with Crippen molar-refractivity contribution in [3.05, 3.63) is 69.2 Å². The van der Waals surface area contributed by atoms with E-state index in [2.05, 4.69) is 5.32 Å². The molecule has 1 unspecified atom stereocenters. The smallest absolute Gasteiger partial charge is 0.251 e. The van der Waals surface area contributed by atoms with Crippen LogP contribution in [0.25, 0.3) is 0 Å². The Morgan fingerprint density at radius 1 is 1.24 bits per heavy atom. The number of rotatable bonds is 2. The zero-order chi connectivity index (χ0) is 15.0. The molecule has 0 fully saturated rings. The molecule has 0 spiro atoms. The number of carbonyl (C=O) groups excluding carboxylic acids is 1. The lowest BCUT2D eigenvalue weighted by Crippen LogP contribution is -2.31. The van der Waals surface area contributed by atoms with Gasteiger partial charge in [-0.15, -0.1) is 0 Å². The summed E-state index contributed by atoms with van der Waals surface area (Å²) in [5.41, 5.74) is 4.14. The fourth-order valence-electron chi connectivity index (χ4n) is 2.72. The van der Waals surface area contributed by atoms with Gasteiger partial charge < -0.3 is 10.4 Å². The Balaban J connectivity index is 2.00. The van der Waals surface area contributed by atoms with Crippen LogP contribution in [0.2, 0.25) is 5.02 Å². The number of fused-ring (bicyclic) bond motifs is 1. The minimum absolute atomic E-state index is 0.0712. The van der Waals surface area contributed by atoms with Gasteiger partial charge in [-0.05, 0) is 53.8 Å². The summed E-state index contributed by atoms with van der Waals surface area (Å²) < 4.78 is 0. The van der Waals surface area contributed by atoms with Crippen molar-refractivity contribution < 1.29 is 9.90 Å². The number of aliphatic hydroxyl groups is 1. The van der Waals surface area contributed by atoms with Crippen LogP contribution in [0.1, 0.15) is 38.7 Å². The Kier molecular flexibility index (Phi) is 3.70. The van der Waals surface area contributed by atoms with Crippen molar-refractivity contribution in [2.24, 2.45) is 0 Å². The van der Waals surface area contributed by atoms with Gasteiger partial charge in [0.25, 0.3) is 5.91 Å². The first-order valence-electron chi connectivity index (χ1n) is 6.91. The average molecular weight is 302 g/mol. The number of nitrogens with one attached hydrogen (secondary N) is 1. The van der Waals surface area contributed by atoms with Crippen molar-refractivity contribution in [3.8, 4) is 0 Å². The molecule has 21 heavy (non-hydrogen) atoms. The first-order chi connectivity index (χ1) is 10.1. The lowest BCUT2D eigenvalue weighted by molar-refractivity contribution is 0.0945. The lowest BCUT2D eigenvalue weighted by Gasteiger charge is -2.20. The number of carbonyl (C=O) groups is 1. The summed E-state index contributed by atoms with van der Waals surface area (Å²) >= 11 is 5.95. The highest BCUT2D eigenvalue weighted by Crippen LogP contribution is 2.28. The van der Waals surface area contributed by atoms with Crippen LogP contribution in [-0.4, -0.2) is 17.6 Å². The molecule has 0 saturated heterocycles. The topological polar surface area (TPSA) is 49.3 Å². The molecule has 1 heterocycles. The number of aryl methyl sites for hydroxylation is 1. The van der Waals surface area contributed by atoms with Crippen LogP contribution in [-0.2, 0) is 6.42 Å². The number of aliphatic hydroxyl groups excluding tert-OH is 1. The predicted octanol–water partition coefficient (Wildman–Crippen LogP) is 3.02. The summed E-state index contributed by atoms with van der Waals surface area (Å²) in [5, 5.41) is 14.0. The van der Waals surface area contributed by atoms with E-state index >= 15 is 0 Å². The van der Waals surface area contributed by atoms with E-state index in [1.54, 1.807) is 12.1 Å². The van der Waals surface area contributed by atoms with Crippen LogP contribution in [0, 0.1) is 6.92 Å². The third-order valence-electron chi connectivity index (χ3n) is 3.90. The molecule has 0 aliphatic carbocycles. The first-order valence-corrected chi connectivity index (χ1v) is 7.29. The van der Waals surface area contributed by atoms with Crippen LogP contribution in [0.5, 0.6) is 0 Å². The van der Waals surface area contributed by atoms with Gasteiger partial charge in [-0.2, -0.15) is 0 Å². The number of amides is 1. The molecular formula is C17H16ClNO2. The van der Waals surface area contributed by atoms with Crippen molar-refractivity contribution in [1.29, 1.82) is 0 Å². The Morgan fingerprint density at radius 2 is 2.05 bits per heavy atom. The Labute approximate surface area is 128 Å². The molecule has 1 aliphatic rings. The number of hydrogen-bond donors (Lipinski definition) is 2. The second kappa shape index (κ2) is 5.51. The van der Waals surface area contributed by atoms with Crippen LogP contribution in [0.4, 0.5) is 0 Å². The molecule has 3 rings (SSSR count). The van der Waals surface area contributed by atoms with Gasteiger partial charge in [-0.3, -0.25) is 4.79 Å². The van der Waals surface area contributed by atoms with Gasteiger partial charge in [-0.1, -0.05) is 29.8 Å². The highest BCUT2D eigenvalue weighted by atomic mass is 35.5. The van der Waals surface area contributed by atoms with E-state index in [-0.39, 0.29) is 5.91 Å². The fraction of sp³-hybridized carbons (Fsp3) is 0.235. The third kappa shape index (κ3) is 2.67. The molecule has 0 saturated carbocycles. The molecule has 1 aliphatic heterocycles. The van der Waals surface area contributed by atoms with Crippen LogP contribution in [0.3, 0.4) is 0 Å². The van der Waals surface area contributed by atoms with Crippen LogP contribution < -0.4 is 5.32 Å². The average Bonchev–Trinajstić information content (AvgIpc) is 2.47. The van der Waals surface area contributed by atoms with E-state index in [1.165, 1.54) is 0 Å². The summed E-state index contributed by atoms with van der Waals surface area (Å²) in [6.07, 6.45) is 0.0690. The highest BCUT2D eigenvalue weighted by molar-refractivity contribution is 6.30. The monoisotopic (exact) mass is 301 g/mol. The van der Waals surface area contributed by atoms with Crippen molar-refractivity contribution in [2.75, 3.05) is 6.54 Å². The molecule has 3 nitrogen and oxygen atoms in total. The maximum atomic E-state index is 11.9. The minimum atomic E-state index is -0.762. The van der Waals surface area contributed by atoms with Crippen molar-refractivity contribution in [3.63, 3.8) is 0 Å². The Morgan fingerprint density at radius 3 is 2.81 bits per heavy atom. The molecule has 4 heteroatoms. The fourth-order valence-corrected chi connectivity index (χ4v) is 2.95. The molecule has 1 amide bonds. The summed E-state index contributed by atoms with van der Waals surface area (Å²) in [4.78, 5) is 11.9. The summed E-state index contributed by atoms with van der Waals surface area (Å²) in [6.45, 7) is 2.58. The maximum absolute atomic E-state index is 11.9. The lowest BCUT2D eigenvalue weighted by atomic mass is 9.92. The SMILES string of the molecule is Cc1cc(Cl)ccc1C(O)c1ccc2c(c1)C(=O)NCC2. The maximum Gasteiger partial charge on any atom is 0.251 e. The van der Waals surface area contributed by atoms with Crippen molar-refractivity contribution in [2.45, 2.75) is 19.4 Å². The molecule has 0 aromatic heterocycles. The Hall–Kier alpha value is -1.84. The van der Waals surface area contributed by atoms with Gasteiger partial charge in [0.05, 0.1) is 0 Å². The summed E-state index contributed by atoms with van der Waals surface area (Å²) in [7, 11) is 0. The van der Waals surface area contributed by atoms with Crippen molar-refractivity contribution >= 4 is 17.5 Å². The van der Waals surface area contributed by atoms with Crippen LogP contribution >= 0.6 is 11.6 Å². The van der Waals surface area contributed by atoms with E-state index in [0.717, 1.165) is 28.7 Å². The van der Waals surface area contributed by atoms with E-state index < -0.39 is 6.10 Å². The second-order valence-electron chi connectivity index (χ2n) is 5.33. The number of benzene rings is 2. The molecule has 2 aromatic rings. The van der Waals surface area contributed by atoms with Gasteiger partial charge in [0.15, 0.2) is 0 Å². The van der Waals surface area contributed by atoms with Gasteiger partial charge in [0.1, 0.15) is 6.10 Å². The van der Waals surface area contributed by atoms with E-state index in [4.69, 9.17) is 11.6 Å². The van der Waals surface area contributed by atoms with Gasteiger partial charge in [-0.25, -0.2) is 0 Å². The number of halogens is 1. The van der Waals surface area contributed by atoms with E-state index in [0.29, 0.717) is 17.1 Å². The standard InChI is InChI=1S/C17H16ClNO2/c1-10-8-13(18)4-5-14(10)16(20)12-3-2-11-6-7-19-17(21)15(11)9-12/h2-5,8-9,16,20H,6-7H2,1H3,(H,19,21). The molecule has 0 radical (unpaired) electrons. The van der Waals surface area contributed by atoms with E-state index in [1.807, 2.05) is 31.2 Å². The van der Waals surface area contributed by atoms with Gasteiger partial charge in [0.2, 0.25) is 0 Å². The Bertz CT molecular complexity index is 712. The minimum Gasteiger partial charge on any atom is -0.384 e. The highest BCUT2D eigenvalue weighted by Gasteiger charge is 2.20. The zero-order valence-electron chi connectivity index (χ0n) is 11.7. The molecule has 2 N–H and O–H groups in total.